The van der Waals surface area contributed by atoms with E-state index in [1.54, 1.807) is 6.92 Å². The second kappa shape index (κ2) is 12.5. The van der Waals surface area contributed by atoms with Gasteiger partial charge in [0.05, 0.1) is 14.2 Å². The molecule has 1 fully saturated rings. The van der Waals surface area contributed by atoms with Crippen LogP contribution in [0.15, 0.2) is 10.7 Å². The van der Waals surface area contributed by atoms with Crippen LogP contribution in [0, 0.1) is 0 Å². The molecule has 7 nitrogen and oxygen atoms in total. The van der Waals surface area contributed by atoms with Crippen LogP contribution in [-0.2, 0) is 9.53 Å². The second-order valence-electron chi connectivity index (χ2n) is 4.91. The zero-order chi connectivity index (χ0) is 19.4. The number of methoxy groups -OCH3 is 2. The Hall–Kier alpha value is -1.83. The zero-order valence-corrected chi connectivity index (χ0v) is 17.1. The van der Waals surface area contributed by atoms with E-state index < -0.39 is 5.97 Å². The van der Waals surface area contributed by atoms with Gasteiger partial charge in [-0.2, -0.15) is 0 Å². The van der Waals surface area contributed by atoms with Gasteiger partial charge in [0, 0.05) is 26.1 Å². The monoisotopic (exact) mass is 418 g/mol. The van der Waals surface area contributed by atoms with Gasteiger partial charge in [0.25, 0.3) is 0 Å². The Morgan fingerprint density at radius 3 is 2.16 bits per heavy atom. The molecule has 1 aromatic rings. The van der Waals surface area contributed by atoms with Crippen molar-refractivity contribution in [2.24, 2.45) is 0 Å². The first kappa shape index (κ1) is 23.2. The highest BCUT2D eigenvalue weighted by Crippen LogP contribution is 2.28. The molecule has 0 spiro atoms. The van der Waals surface area contributed by atoms with Crippen LogP contribution in [0.3, 0.4) is 0 Å². The van der Waals surface area contributed by atoms with E-state index in [0.29, 0.717) is 0 Å². The first-order valence-corrected chi connectivity index (χ1v) is 8.97. The van der Waals surface area contributed by atoms with Crippen molar-refractivity contribution in [1.29, 1.82) is 0 Å². The first-order valence-electron chi connectivity index (χ1n) is 8.18. The maximum atomic E-state index is 11.2. The van der Waals surface area contributed by atoms with E-state index in [4.69, 9.17) is 4.74 Å². The van der Waals surface area contributed by atoms with Crippen molar-refractivity contribution in [1.82, 2.24) is 9.88 Å². The zero-order valence-electron chi connectivity index (χ0n) is 15.5. The summed E-state index contributed by atoms with van der Waals surface area (Å²) in [6, 6.07) is 1.22. The number of likely N-dealkylation sites (tertiary alicyclic amines) is 1. The van der Waals surface area contributed by atoms with Crippen LogP contribution in [0.2, 0.25) is 0 Å². The van der Waals surface area contributed by atoms with Gasteiger partial charge in [0.2, 0.25) is 11.8 Å². The van der Waals surface area contributed by atoms with E-state index in [9.17, 15) is 14.7 Å². The number of hydrogen-bond acceptors (Lipinski definition) is 6. The van der Waals surface area contributed by atoms with Crippen LogP contribution >= 0.6 is 15.9 Å². The number of carbonyl (C=O) groups excluding carboxylic acids is 2. The lowest BCUT2D eigenvalue weighted by molar-refractivity contribution is -0.129. The number of aromatic nitrogens is 1. The highest BCUT2D eigenvalue weighted by atomic mass is 79.9. The van der Waals surface area contributed by atoms with Crippen LogP contribution in [0.1, 0.15) is 50.4 Å². The molecule has 1 aliphatic heterocycles. The van der Waals surface area contributed by atoms with Gasteiger partial charge in [0.1, 0.15) is 11.3 Å². The number of rotatable bonds is 2. The van der Waals surface area contributed by atoms with E-state index in [1.807, 2.05) is 18.7 Å². The Balaban J connectivity index is 0.000000451. The average Bonchev–Trinajstić information content (AvgIpc) is 2.65. The van der Waals surface area contributed by atoms with Crippen molar-refractivity contribution in [3.8, 4) is 11.6 Å². The molecule has 1 N–H and O–H groups in total. The van der Waals surface area contributed by atoms with Gasteiger partial charge in [0.15, 0.2) is 4.60 Å². The Labute approximate surface area is 157 Å². The van der Waals surface area contributed by atoms with Gasteiger partial charge in [-0.05, 0) is 35.2 Å². The Bertz CT molecular complexity index is 560. The molecule has 1 aliphatic rings. The Morgan fingerprint density at radius 2 is 1.76 bits per heavy atom. The van der Waals surface area contributed by atoms with Crippen molar-refractivity contribution < 1.29 is 24.2 Å². The number of halogens is 1. The van der Waals surface area contributed by atoms with E-state index in [2.05, 4.69) is 25.7 Å². The fourth-order valence-corrected chi connectivity index (χ4v) is 2.36. The minimum Gasteiger partial charge on any atom is -0.505 e. The minimum atomic E-state index is -0.614. The Kier molecular flexibility index (Phi) is 11.6. The molecule has 2 rings (SSSR count). The predicted molar refractivity (Wildman–Crippen MR) is 98.9 cm³/mol. The maximum Gasteiger partial charge on any atom is 0.343 e. The average molecular weight is 419 g/mol. The van der Waals surface area contributed by atoms with Gasteiger partial charge in [-0.25, -0.2) is 9.78 Å². The highest BCUT2D eigenvalue weighted by Gasteiger charge is 2.17. The van der Waals surface area contributed by atoms with Crippen molar-refractivity contribution in [3.63, 3.8) is 0 Å². The fraction of sp³-hybridized carbons (Fsp3) is 0.588. The molecule has 0 unspecified atom stereocenters. The number of aromatic hydroxyl groups is 1. The van der Waals surface area contributed by atoms with Gasteiger partial charge in [-0.1, -0.05) is 13.8 Å². The molecule has 0 radical (unpaired) electrons. The van der Waals surface area contributed by atoms with E-state index in [1.165, 1.54) is 39.5 Å². The molecule has 2 heterocycles. The molecule has 1 aromatic heterocycles. The van der Waals surface area contributed by atoms with E-state index in [-0.39, 0.29) is 27.7 Å². The van der Waals surface area contributed by atoms with Crippen LogP contribution < -0.4 is 4.74 Å². The summed E-state index contributed by atoms with van der Waals surface area (Å²) in [5.74, 6) is -0.431. The normalized spacial score (nSPS) is 12.8. The summed E-state index contributed by atoms with van der Waals surface area (Å²) in [7, 11) is 2.61. The van der Waals surface area contributed by atoms with Crippen LogP contribution in [0.4, 0.5) is 0 Å². The summed E-state index contributed by atoms with van der Waals surface area (Å²) < 4.78 is 9.55. The third-order valence-corrected chi connectivity index (χ3v) is 3.91. The molecule has 0 aliphatic carbocycles. The predicted octanol–water partition coefficient (Wildman–Crippen LogP) is 3.39. The molecular formula is C17H27BrN2O5. The molecule has 0 aromatic carbocycles. The number of carbonyl (C=O) groups is 2. The van der Waals surface area contributed by atoms with E-state index in [0.717, 1.165) is 13.1 Å². The lowest BCUT2D eigenvalue weighted by Crippen LogP contribution is -2.33. The Morgan fingerprint density at radius 1 is 1.20 bits per heavy atom. The number of nitrogens with zero attached hydrogens (tertiary/aromatic N) is 2. The topological polar surface area (TPSA) is 89.0 Å². The molecule has 25 heavy (non-hydrogen) atoms. The van der Waals surface area contributed by atoms with Gasteiger partial charge >= 0.3 is 5.97 Å². The smallest absolute Gasteiger partial charge is 0.343 e. The van der Waals surface area contributed by atoms with Gasteiger partial charge in [-0.15, -0.1) is 0 Å². The summed E-state index contributed by atoms with van der Waals surface area (Å²) in [5.41, 5.74) is 0.0794. The van der Waals surface area contributed by atoms with Gasteiger partial charge < -0.3 is 19.5 Å². The van der Waals surface area contributed by atoms with Crippen molar-refractivity contribution in [2.45, 2.75) is 40.0 Å². The molecule has 0 saturated carbocycles. The molecule has 8 heteroatoms. The largest absolute Gasteiger partial charge is 0.505 e. The number of esters is 1. The number of ether oxygens (including phenoxy) is 2. The maximum absolute atomic E-state index is 11.2. The number of pyridine rings is 1. The number of piperidine rings is 1. The molecule has 0 atom stereocenters. The highest BCUT2D eigenvalue weighted by molar-refractivity contribution is 9.10. The van der Waals surface area contributed by atoms with Crippen LogP contribution in [0.25, 0.3) is 0 Å². The molecule has 1 amide bonds. The standard InChI is InChI=1S/C8H8BrNO4.C7H13NO.C2H6/c1-13-7-4(8(12)14-2)3-5(11)6(9)10-7;1-7(9)8-5-3-2-4-6-8;1-2/h3,11H,1-2H3;2-6H2,1H3;1-2H3. The number of amides is 1. The molecule has 0 bridgehead atoms. The molecule has 1 saturated heterocycles. The molecule has 142 valence electrons. The van der Waals surface area contributed by atoms with Crippen molar-refractivity contribution >= 4 is 27.8 Å². The molecular weight excluding hydrogens is 392 g/mol. The lowest BCUT2D eigenvalue weighted by Gasteiger charge is -2.24. The van der Waals surface area contributed by atoms with Crippen LogP contribution in [-0.4, -0.2) is 54.2 Å². The lowest BCUT2D eigenvalue weighted by atomic mass is 10.1. The summed E-state index contributed by atoms with van der Waals surface area (Å²) in [6.45, 7) is 7.61. The first-order chi connectivity index (χ1) is 11.9. The summed E-state index contributed by atoms with van der Waals surface area (Å²) in [5, 5.41) is 9.29. The van der Waals surface area contributed by atoms with Gasteiger partial charge in [-0.3, -0.25) is 4.79 Å². The van der Waals surface area contributed by atoms with Crippen molar-refractivity contribution in [2.75, 3.05) is 27.3 Å². The summed E-state index contributed by atoms with van der Waals surface area (Å²) in [4.78, 5) is 27.6. The second-order valence-corrected chi connectivity index (χ2v) is 5.66. The van der Waals surface area contributed by atoms with Crippen molar-refractivity contribution in [3.05, 3.63) is 16.2 Å². The fourth-order valence-electron chi connectivity index (χ4n) is 2.09. The summed E-state index contributed by atoms with van der Waals surface area (Å²) >= 11 is 3.00. The third kappa shape index (κ3) is 7.72. The quantitative estimate of drug-likeness (QED) is 0.584. The SMILES string of the molecule is CC.CC(=O)N1CCCCC1.COC(=O)c1cc(O)c(Br)nc1OC. The van der Waals surface area contributed by atoms with Crippen LogP contribution in [0.5, 0.6) is 11.6 Å². The van der Waals surface area contributed by atoms with E-state index >= 15 is 0 Å². The summed E-state index contributed by atoms with van der Waals surface area (Å²) in [6.07, 6.45) is 3.68. The third-order valence-electron chi connectivity index (χ3n) is 3.32. The number of hydrogen-bond donors (Lipinski definition) is 1. The minimum absolute atomic E-state index is 0.0794.